The summed E-state index contributed by atoms with van der Waals surface area (Å²) in [4.78, 5) is 15.2. The van der Waals surface area contributed by atoms with Gasteiger partial charge in [0, 0.05) is 18.0 Å². The second-order valence-corrected chi connectivity index (χ2v) is 7.19. The number of nitrogens with zero attached hydrogens (tertiary/aromatic N) is 1. The lowest BCUT2D eigenvalue weighted by Crippen LogP contribution is -2.43. The van der Waals surface area contributed by atoms with Gasteiger partial charge in [-0.1, -0.05) is 12.8 Å². The fourth-order valence-electron chi connectivity index (χ4n) is 4.40. The number of carbonyl (C=O) groups is 1. The fraction of sp³-hybridized carbons (Fsp3) is 0.938. The van der Waals surface area contributed by atoms with Crippen molar-refractivity contribution >= 4 is 5.91 Å². The fourth-order valence-corrected chi connectivity index (χ4v) is 4.40. The quantitative estimate of drug-likeness (QED) is 0.747. The van der Waals surface area contributed by atoms with Crippen molar-refractivity contribution in [1.82, 2.24) is 4.90 Å². The van der Waals surface area contributed by atoms with Crippen LogP contribution in [-0.4, -0.2) is 22.9 Å². The lowest BCUT2D eigenvalue weighted by Gasteiger charge is -2.30. The summed E-state index contributed by atoms with van der Waals surface area (Å²) in [5.74, 6) is 3.37. The summed E-state index contributed by atoms with van der Waals surface area (Å²) in [6, 6.07) is 1.16. The number of amides is 1. The topological polar surface area (TPSA) is 20.3 Å². The van der Waals surface area contributed by atoms with Crippen molar-refractivity contribution in [3.8, 4) is 0 Å². The van der Waals surface area contributed by atoms with Crippen LogP contribution in [0.2, 0.25) is 0 Å². The largest absolute Gasteiger partial charge is 0.336 e. The van der Waals surface area contributed by atoms with Crippen molar-refractivity contribution in [3.05, 3.63) is 0 Å². The summed E-state index contributed by atoms with van der Waals surface area (Å²) in [6.45, 7) is 2.31. The van der Waals surface area contributed by atoms with E-state index in [-0.39, 0.29) is 0 Å². The molecule has 0 aliphatic heterocycles. The second-order valence-electron chi connectivity index (χ2n) is 7.19. The van der Waals surface area contributed by atoms with Crippen LogP contribution in [-0.2, 0) is 4.79 Å². The minimum Gasteiger partial charge on any atom is -0.336 e. The van der Waals surface area contributed by atoms with E-state index in [9.17, 15) is 4.79 Å². The predicted molar refractivity (Wildman–Crippen MR) is 71.0 cm³/mol. The molecule has 1 amide bonds. The van der Waals surface area contributed by atoms with Crippen LogP contribution in [0.3, 0.4) is 0 Å². The SMILES string of the molecule is C[C@@H](C1CC1)N(C(=O)C1[C@H]2CCCC[C@@H]12)C1CC1. The molecule has 4 aliphatic carbocycles. The summed E-state index contributed by atoms with van der Waals surface area (Å²) in [6.07, 6.45) is 10.6. The van der Waals surface area contributed by atoms with Crippen molar-refractivity contribution in [3.63, 3.8) is 0 Å². The third-order valence-corrected chi connectivity index (χ3v) is 5.88. The Morgan fingerprint density at radius 3 is 2.11 bits per heavy atom. The van der Waals surface area contributed by atoms with Crippen LogP contribution >= 0.6 is 0 Å². The van der Waals surface area contributed by atoms with E-state index in [0.717, 1.165) is 17.8 Å². The molecule has 0 heterocycles. The molecule has 0 aromatic heterocycles. The molecule has 0 saturated heterocycles. The lowest BCUT2D eigenvalue weighted by atomic mass is 10.0. The van der Waals surface area contributed by atoms with Gasteiger partial charge in [-0.3, -0.25) is 4.79 Å². The lowest BCUT2D eigenvalue weighted by molar-refractivity contribution is -0.136. The third-order valence-electron chi connectivity index (χ3n) is 5.88. The molecule has 4 rings (SSSR count). The normalized spacial score (nSPS) is 39.9. The molecule has 4 fully saturated rings. The molecule has 100 valence electrons. The molecule has 4 atom stereocenters. The Labute approximate surface area is 110 Å². The Bertz CT molecular complexity index is 346. The van der Waals surface area contributed by atoms with E-state index in [1.165, 1.54) is 51.4 Å². The van der Waals surface area contributed by atoms with Crippen molar-refractivity contribution < 1.29 is 4.79 Å². The van der Waals surface area contributed by atoms with E-state index in [1.807, 2.05) is 0 Å². The van der Waals surface area contributed by atoms with Gasteiger partial charge in [-0.15, -0.1) is 0 Å². The van der Waals surface area contributed by atoms with Gasteiger partial charge >= 0.3 is 0 Å². The summed E-state index contributed by atoms with van der Waals surface area (Å²) < 4.78 is 0. The summed E-state index contributed by atoms with van der Waals surface area (Å²) in [5, 5.41) is 0. The van der Waals surface area contributed by atoms with Gasteiger partial charge in [0.05, 0.1) is 0 Å². The van der Waals surface area contributed by atoms with Crippen molar-refractivity contribution in [1.29, 1.82) is 0 Å². The average Bonchev–Trinajstić information content (AvgIpc) is 3.25. The zero-order valence-corrected chi connectivity index (χ0v) is 11.5. The van der Waals surface area contributed by atoms with E-state index in [4.69, 9.17) is 0 Å². The Morgan fingerprint density at radius 2 is 1.61 bits per heavy atom. The molecule has 0 spiro atoms. The van der Waals surface area contributed by atoms with Crippen LogP contribution in [0, 0.1) is 23.7 Å². The number of hydrogen-bond acceptors (Lipinski definition) is 1. The zero-order chi connectivity index (χ0) is 12.3. The van der Waals surface area contributed by atoms with Gasteiger partial charge in [-0.05, 0) is 63.2 Å². The van der Waals surface area contributed by atoms with Gasteiger partial charge < -0.3 is 4.90 Å². The second kappa shape index (κ2) is 3.98. The Hall–Kier alpha value is -0.530. The van der Waals surface area contributed by atoms with Crippen LogP contribution in [0.25, 0.3) is 0 Å². The summed E-state index contributed by atoms with van der Waals surface area (Å²) >= 11 is 0. The molecule has 0 aromatic carbocycles. The first-order valence-corrected chi connectivity index (χ1v) is 8.09. The van der Waals surface area contributed by atoms with Crippen LogP contribution < -0.4 is 0 Å². The summed E-state index contributed by atoms with van der Waals surface area (Å²) in [7, 11) is 0. The highest BCUT2D eigenvalue weighted by Gasteiger charge is 2.57. The molecule has 4 saturated carbocycles. The van der Waals surface area contributed by atoms with Gasteiger partial charge in [-0.2, -0.15) is 0 Å². The predicted octanol–water partition coefficient (Wildman–Crippen LogP) is 3.21. The van der Waals surface area contributed by atoms with Crippen molar-refractivity contribution in [2.24, 2.45) is 23.7 Å². The van der Waals surface area contributed by atoms with Gasteiger partial charge in [0.1, 0.15) is 0 Å². The zero-order valence-electron chi connectivity index (χ0n) is 11.5. The van der Waals surface area contributed by atoms with Crippen molar-refractivity contribution in [2.75, 3.05) is 0 Å². The molecular weight excluding hydrogens is 222 g/mol. The first kappa shape index (κ1) is 11.3. The van der Waals surface area contributed by atoms with Crippen LogP contribution in [0.15, 0.2) is 0 Å². The van der Waals surface area contributed by atoms with E-state index in [1.54, 1.807) is 0 Å². The Balaban J connectivity index is 1.47. The molecule has 0 N–H and O–H groups in total. The maximum Gasteiger partial charge on any atom is 0.226 e. The third kappa shape index (κ3) is 1.80. The highest BCUT2D eigenvalue weighted by Crippen LogP contribution is 2.57. The molecular formula is C16H25NO. The molecule has 4 aliphatic rings. The summed E-state index contributed by atoms with van der Waals surface area (Å²) in [5.41, 5.74) is 0. The van der Waals surface area contributed by atoms with Crippen molar-refractivity contribution in [2.45, 2.75) is 70.4 Å². The van der Waals surface area contributed by atoms with E-state index < -0.39 is 0 Å². The maximum atomic E-state index is 12.9. The minimum absolute atomic E-state index is 0.439. The number of fused-ring (bicyclic) bond motifs is 1. The maximum absolute atomic E-state index is 12.9. The standard InChI is InChI=1S/C16H25NO/c1-10(11-6-7-11)17(12-8-9-12)16(18)15-13-4-2-3-5-14(13)15/h10-15H,2-9H2,1H3/t10-,13-,14+,15?/m0/s1. The number of rotatable bonds is 4. The monoisotopic (exact) mass is 247 g/mol. The Kier molecular flexibility index (Phi) is 2.50. The van der Waals surface area contributed by atoms with Gasteiger partial charge in [-0.25, -0.2) is 0 Å². The average molecular weight is 247 g/mol. The van der Waals surface area contributed by atoms with Gasteiger partial charge in [0.2, 0.25) is 5.91 Å². The number of hydrogen-bond donors (Lipinski definition) is 0. The number of carbonyl (C=O) groups excluding carboxylic acids is 1. The first-order chi connectivity index (χ1) is 8.77. The molecule has 2 nitrogen and oxygen atoms in total. The molecule has 1 unspecified atom stereocenters. The van der Waals surface area contributed by atoms with E-state index in [0.29, 0.717) is 23.9 Å². The van der Waals surface area contributed by atoms with Crippen LogP contribution in [0.4, 0.5) is 0 Å². The van der Waals surface area contributed by atoms with Gasteiger partial charge in [0.25, 0.3) is 0 Å². The highest BCUT2D eigenvalue weighted by molar-refractivity contribution is 5.83. The smallest absolute Gasteiger partial charge is 0.226 e. The van der Waals surface area contributed by atoms with E-state index >= 15 is 0 Å². The molecule has 0 bridgehead atoms. The molecule has 0 aromatic rings. The molecule has 0 radical (unpaired) electrons. The molecule has 2 heteroatoms. The van der Waals surface area contributed by atoms with Crippen LogP contribution in [0.5, 0.6) is 0 Å². The molecule has 18 heavy (non-hydrogen) atoms. The minimum atomic E-state index is 0.439. The Morgan fingerprint density at radius 1 is 1.00 bits per heavy atom. The van der Waals surface area contributed by atoms with Crippen LogP contribution in [0.1, 0.15) is 58.3 Å². The van der Waals surface area contributed by atoms with Gasteiger partial charge in [0.15, 0.2) is 0 Å². The van der Waals surface area contributed by atoms with E-state index in [2.05, 4.69) is 11.8 Å². The highest BCUT2D eigenvalue weighted by atomic mass is 16.2. The first-order valence-electron chi connectivity index (χ1n) is 8.09.